The summed E-state index contributed by atoms with van der Waals surface area (Å²) < 4.78 is 7.48. The first-order chi connectivity index (χ1) is 10.7. The highest BCUT2D eigenvalue weighted by Crippen LogP contribution is 2.37. The largest absolute Gasteiger partial charge is 0.413 e. The first-order valence-electron chi connectivity index (χ1n) is 8.14. The monoisotopic (exact) mass is 390 g/mol. The highest BCUT2D eigenvalue weighted by Gasteiger charge is 2.37. The van der Waals surface area contributed by atoms with Crippen molar-refractivity contribution in [3.05, 3.63) is 69.7 Å². The van der Waals surface area contributed by atoms with Gasteiger partial charge in [-0.15, -0.1) is 0 Å². The van der Waals surface area contributed by atoms with Gasteiger partial charge in [-0.05, 0) is 53.4 Å². The van der Waals surface area contributed by atoms with Crippen LogP contribution in [0.2, 0.25) is 18.1 Å². The molecule has 0 radical (unpaired) electrons. The van der Waals surface area contributed by atoms with Crippen molar-refractivity contribution in [2.24, 2.45) is 0 Å². The van der Waals surface area contributed by atoms with Crippen molar-refractivity contribution in [1.29, 1.82) is 0 Å². The normalized spacial score (nSPS) is 12.4. The van der Waals surface area contributed by atoms with Gasteiger partial charge >= 0.3 is 0 Å². The number of rotatable bonds is 5. The lowest BCUT2D eigenvalue weighted by Gasteiger charge is -2.36. The molecule has 0 saturated carbocycles. The van der Waals surface area contributed by atoms with Crippen molar-refractivity contribution in [3.63, 3.8) is 0 Å². The minimum atomic E-state index is -1.71. The third kappa shape index (κ3) is 5.30. The molecule has 0 aliphatic rings. The van der Waals surface area contributed by atoms with Gasteiger partial charge in [-0.2, -0.15) is 0 Å². The molecule has 0 aliphatic heterocycles. The van der Waals surface area contributed by atoms with Gasteiger partial charge in [0.15, 0.2) is 8.32 Å². The topological polar surface area (TPSA) is 9.23 Å². The van der Waals surface area contributed by atoms with E-state index in [1.54, 1.807) is 0 Å². The molecule has 0 spiro atoms. The van der Waals surface area contributed by atoms with E-state index in [9.17, 15) is 0 Å². The fourth-order valence-electron chi connectivity index (χ4n) is 2.21. The predicted octanol–water partition coefficient (Wildman–Crippen LogP) is 6.56. The van der Waals surface area contributed by atoms with E-state index in [1.165, 1.54) is 16.7 Å². The first-order valence-corrected chi connectivity index (χ1v) is 11.8. The van der Waals surface area contributed by atoms with Gasteiger partial charge in [0.25, 0.3) is 0 Å². The Balaban J connectivity index is 2.12. The lowest BCUT2D eigenvalue weighted by molar-refractivity contribution is 0.276. The van der Waals surface area contributed by atoms with Crippen LogP contribution < -0.4 is 0 Å². The molecule has 0 amide bonds. The molecule has 2 rings (SSSR count). The molecule has 3 heteroatoms. The molecule has 1 nitrogen and oxygen atoms in total. The van der Waals surface area contributed by atoms with Crippen LogP contribution in [0.5, 0.6) is 0 Å². The van der Waals surface area contributed by atoms with Crippen molar-refractivity contribution < 1.29 is 4.43 Å². The van der Waals surface area contributed by atoms with E-state index in [-0.39, 0.29) is 5.04 Å². The smallest absolute Gasteiger partial charge is 0.192 e. The maximum atomic E-state index is 6.36. The molecular formula is C20H27BrOSi. The van der Waals surface area contributed by atoms with Gasteiger partial charge in [-0.25, -0.2) is 0 Å². The average molecular weight is 391 g/mol. The highest BCUT2D eigenvalue weighted by atomic mass is 79.9. The molecule has 2 aromatic rings. The third-order valence-electron chi connectivity index (χ3n) is 4.67. The summed E-state index contributed by atoms with van der Waals surface area (Å²) in [5.41, 5.74) is 3.90. The van der Waals surface area contributed by atoms with Crippen LogP contribution in [0.1, 0.15) is 37.5 Å². The Morgan fingerprint density at radius 3 is 2.13 bits per heavy atom. The molecule has 0 aliphatic carbocycles. The van der Waals surface area contributed by atoms with E-state index in [4.69, 9.17) is 4.43 Å². The van der Waals surface area contributed by atoms with Gasteiger partial charge in [0.2, 0.25) is 0 Å². The summed E-state index contributed by atoms with van der Waals surface area (Å²) in [4.78, 5) is 0. The summed E-state index contributed by atoms with van der Waals surface area (Å²) in [5.74, 6) is 0. The van der Waals surface area contributed by atoms with Gasteiger partial charge in [-0.1, -0.05) is 73.1 Å². The molecular weight excluding hydrogens is 364 g/mol. The zero-order chi connectivity index (χ0) is 17.1. The van der Waals surface area contributed by atoms with Crippen molar-refractivity contribution >= 4 is 24.2 Å². The highest BCUT2D eigenvalue weighted by molar-refractivity contribution is 9.10. The summed E-state index contributed by atoms with van der Waals surface area (Å²) in [5, 5.41) is 0.242. The van der Waals surface area contributed by atoms with Crippen LogP contribution in [-0.2, 0) is 17.5 Å². The van der Waals surface area contributed by atoms with Gasteiger partial charge in [0, 0.05) is 4.47 Å². The van der Waals surface area contributed by atoms with Gasteiger partial charge in [0.05, 0.1) is 6.61 Å². The van der Waals surface area contributed by atoms with Crippen LogP contribution in [0.15, 0.2) is 53.0 Å². The Labute approximate surface area is 150 Å². The number of benzene rings is 2. The quantitative estimate of drug-likeness (QED) is 0.524. The van der Waals surface area contributed by atoms with E-state index in [1.807, 2.05) is 0 Å². The number of hydrogen-bond donors (Lipinski definition) is 0. The minimum Gasteiger partial charge on any atom is -0.413 e. The standard InChI is InChI=1S/C20H27BrOSi/c1-20(2,3)23(4,5)22-15-18-12-17(13-19(21)14-18)11-16-9-7-6-8-10-16/h6-10,12-14H,11,15H2,1-5H3. The number of hydrogen-bond acceptors (Lipinski definition) is 1. The Bertz CT molecular complexity index is 644. The summed E-state index contributed by atoms with van der Waals surface area (Å²) >= 11 is 3.64. The second kappa shape index (κ2) is 7.33. The van der Waals surface area contributed by atoms with Crippen LogP contribution in [0, 0.1) is 0 Å². The minimum absolute atomic E-state index is 0.242. The van der Waals surface area contributed by atoms with Crippen LogP contribution in [0.4, 0.5) is 0 Å². The summed E-state index contributed by atoms with van der Waals surface area (Å²) in [6, 6.07) is 17.2. The lowest BCUT2D eigenvalue weighted by Crippen LogP contribution is -2.40. The third-order valence-corrected chi connectivity index (χ3v) is 9.61. The molecule has 2 aromatic carbocycles. The molecule has 23 heavy (non-hydrogen) atoms. The van der Waals surface area contributed by atoms with Crippen LogP contribution in [0.3, 0.4) is 0 Å². The van der Waals surface area contributed by atoms with Gasteiger partial charge in [0.1, 0.15) is 0 Å². The SMILES string of the molecule is CC(C)(C)[Si](C)(C)OCc1cc(Br)cc(Cc2ccccc2)c1. The van der Waals surface area contributed by atoms with E-state index in [0.29, 0.717) is 6.61 Å². The molecule has 0 bridgehead atoms. The van der Waals surface area contributed by atoms with Crippen LogP contribution in [0.25, 0.3) is 0 Å². The number of halogens is 1. The lowest BCUT2D eigenvalue weighted by atomic mass is 10.0. The zero-order valence-corrected chi connectivity index (χ0v) is 17.4. The van der Waals surface area contributed by atoms with Crippen molar-refractivity contribution in [3.8, 4) is 0 Å². The van der Waals surface area contributed by atoms with Crippen molar-refractivity contribution in [2.75, 3.05) is 0 Å². The molecule has 0 N–H and O–H groups in total. The summed E-state index contributed by atoms with van der Waals surface area (Å²) in [7, 11) is -1.71. The Kier molecular flexibility index (Phi) is 5.87. The average Bonchev–Trinajstić information content (AvgIpc) is 2.44. The maximum absolute atomic E-state index is 6.36. The summed E-state index contributed by atoms with van der Waals surface area (Å²) in [6.45, 7) is 12.1. The second-order valence-electron chi connectivity index (χ2n) is 7.68. The predicted molar refractivity (Wildman–Crippen MR) is 105 cm³/mol. The van der Waals surface area contributed by atoms with E-state index in [0.717, 1.165) is 10.9 Å². The van der Waals surface area contributed by atoms with Crippen molar-refractivity contribution in [1.82, 2.24) is 0 Å². The Hall–Kier alpha value is -0.903. The van der Waals surface area contributed by atoms with E-state index >= 15 is 0 Å². The van der Waals surface area contributed by atoms with Gasteiger partial charge < -0.3 is 4.43 Å². The Morgan fingerprint density at radius 1 is 0.913 bits per heavy atom. The summed E-state index contributed by atoms with van der Waals surface area (Å²) in [6.07, 6.45) is 0.952. The molecule has 0 atom stereocenters. The molecule has 0 fully saturated rings. The Morgan fingerprint density at radius 2 is 1.52 bits per heavy atom. The zero-order valence-electron chi connectivity index (χ0n) is 14.8. The molecule has 0 heterocycles. The molecule has 0 saturated heterocycles. The van der Waals surface area contributed by atoms with Gasteiger partial charge in [-0.3, -0.25) is 0 Å². The second-order valence-corrected chi connectivity index (χ2v) is 13.4. The van der Waals surface area contributed by atoms with Crippen LogP contribution >= 0.6 is 15.9 Å². The fraction of sp³-hybridized carbons (Fsp3) is 0.400. The van der Waals surface area contributed by atoms with E-state index < -0.39 is 8.32 Å². The first kappa shape index (κ1) is 18.4. The molecule has 124 valence electrons. The molecule has 0 unspecified atom stereocenters. The van der Waals surface area contributed by atoms with Crippen LogP contribution in [-0.4, -0.2) is 8.32 Å². The van der Waals surface area contributed by atoms with Crippen molar-refractivity contribution in [2.45, 2.75) is 51.9 Å². The maximum Gasteiger partial charge on any atom is 0.192 e. The van der Waals surface area contributed by atoms with E-state index in [2.05, 4.69) is 98.3 Å². The fourth-order valence-corrected chi connectivity index (χ4v) is 3.76. The molecule has 0 aromatic heterocycles.